The van der Waals surface area contributed by atoms with Gasteiger partial charge in [0.1, 0.15) is 5.60 Å². The lowest BCUT2D eigenvalue weighted by molar-refractivity contribution is -0.137. The second-order valence-electron chi connectivity index (χ2n) is 6.66. The number of aromatic nitrogens is 1. The Bertz CT molecular complexity index is 576. The van der Waals surface area contributed by atoms with Crippen LogP contribution < -0.4 is 0 Å². The van der Waals surface area contributed by atoms with E-state index in [1.165, 1.54) is 6.07 Å². The highest BCUT2D eigenvalue weighted by molar-refractivity contribution is 5.31. The summed E-state index contributed by atoms with van der Waals surface area (Å²) >= 11 is 0. The van der Waals surface area contributed by atoms with E-state index in [1.807, 2.05) is 32.6 Å². The first-order valence-electron chi connectivity index (χ1n) is 7.16. The van der Waals surface area contributed by atoms with Crippen molar-refractivity contribution in [2.24, 2.45) is 0 Å². The fourth-order valence-corrected chi connectivity index (χ4v) is 2.54. The maximum Gasteiger partial charge on any atom is 0.417 e. The molecule has 0 aromatic carbocycles. The Kier molecular flexibility index (Phi) is 4.15. The van der Waals surface area contributed by atoms with Crippen LogP contribution in [0.25, 0.3) is 0 Å². The summed E-state index contributed by atoms with van der Waals surface area (Å²) in [5.41, 5.74) is 0.176. The molecule has 6 heteroatoms. The number of hydrogen-bond acceptors (Lipinski definition) is 3. The standard InChI is InChI=1S/C16H21F3N2O/c1-10-8-21(11(2)22-15(3,4)5)9-12-6-13(16(17,18)19)7-20-14(10)12/h6-7,10H,2,8-9H2,1,3-5H3. The summed E-state index contributed by atoms with van der Waals surface area (Å²) in [5.74, 6) is 0.494. The normalized spacial score (nSPS) is 18.9. The Morgan fingerprint density at radius 3 is 2.55 bits per heavy atom. The van der Waals surface area contributed by atoms with Gasteiger partial charge in [-0.2, -0.15) is 13.2 Å². The van der Waals surface area contributed by atoms with Crippen LogP contribution in [0.2, 0.25) is 0 Å². The Morgan fingerprint density at radius 2 is 2.00 bits per heavy atom. The molecular weight excluding hydrogens is 293 g/mol. The van der Waals surface area contributed by atoms with Crippen molar-refractivity contribution < 1.29 is 17.9 Å². The number of hydrogen-bond donors (Lipinski definition) is 0. The van der Waals surface area contributed by atoms with Crippen LogP contribution >= 0.6 is 0 Å². The highest BCUT2D eigenvalue weighted by Crippen LogP contribution is 2.34. The van der Waals surface area contributed by atoms with Crippen LogP contribution in [0.3, 0.4) is 0 Å². The number of nitrogens with zero attached hydrogens (tertiary/aromatic N) is 2. The van der Waals surface area contributed by atoms with E-state index in [9.17, 15) is 13.2 Å². The van der Waals surface area contributed by atoms with E-state index in [4.69, 9.17) is 4.74 Å². The molecule has 122 valence electrons. The maximum atomic E-state index is 12.8. The molecule has 1 aromatic heterocycles. The average Bonchev–Trinajstić information content (AvgIpc) is 2.34. The minimum Gasteiger partial charge on any atom is -0.474 e. The van der Waals surface area contributed by atoms with Gasteiger partial charge in [0.2, 0.25) is 0 Å². The van der Waals surface area contributed by atoms with Crippen LogP contribution in [-0.2, 0) is 17.5 Å². The molecule has 0 fully saturated rings. The highest BCUT2D eigenvalue weighted by atomic mass is 19.4. The van der Waals surface area contributed by atoms with E-state index in [1.54, 1.807) is 0 Å². The zero-order valence-electron chi connectivity index (χ0n) is 13.3. The molecule has 1 aliphatic heterocycles. The summed E-state index contributed by atoms with van der Waals surface area (Å²) < 4.78 is 44.2. The zero-order chi connectivity index (χ0) is 16.7. The summed E-state index contributed by atoms with van der Waals surface area (Å²) in [6, 6.07) is 1.18. The van der Waals surface area contributed by atoms with Gasteiger partial charge in [0.25, 0.3) is 0 Å². The van der Waals surface area contributed by atoms with Crippen LogP contribution in [0, 0.1) is 0 Å². The highest BCUT2D eigenvalue weighted by Gasteiger charge is 2.34. The van der Waals surface area contributed by atoms with Crippen molar-refractivity contribution in [2.45, 2.75) is 51.9 Å². The third-order valence-electron chi connectivity index (χ3n) is 3.43. The smallest absolute Gasteiger partial charge is 0.417 e. The molecule has 0 aliphatic carbocycles. The lowest BCUT2D eigenvalue weighted by Gasteiger charge is -2.37. The van der Waals surface area contributed by atoms with Gasteiger partial charge >= 0.3 is 6.18 Å². The summed E-state index contributed by atoms with van der Waals surface area (Å²) in [6.07, 6.45) is -3.47. The topological polar surface area (TPSA) is 25.4 Å². The summed E-state index contributed by atoms with van der Waals surface area (Å²) in [6.45, 7) is 12.5. The lowest BCUT2D eigenvalue weighted by atomic mass is 9.95. The number of fused-ring (bicyclic) bond motifs is 1. The van der Waals surface area contributed by atoms with E-state index >= 15 is 0 Å². The second kappa shape index (κ2) is 5.48. The van der Waals surface area contributed by atoms with Gasteiger partial charge in [0.05, 0.1) is 5.56 Å². The molecule has 1 unspecified atom stereocenters. The second-order valence-corrected chi connectivity index (χ2v) is 6.66. The van der Waals surface area contributed by atoms with E-state index in [2.05, 4.69) is 11.6 Å². The Balaban J connectivity index is 2.26. The molecule has 0 N–H and O–H groups in total. The van der Waals surface area contributed by atoms with Crippen LogP contribution in [0.5, 0.6) is 0 Å². The van der Waals surface area contributed by atoms with E-state index in [0.29, 0.717) is 30.2 Å². The molecule has 0 radical (unpaired) electrons. The van der Waals surface area contributed by atoms with Crippen molar-refractivity contribution in [1.82, 2.24) is 9.88 Å². The number of alkyl halides is 3. The van der Waals surface area contributed by atoms with Gasteiger partial charge < -0.3 is 9.64 Å². The van der Waals surface area contributed by atoms with Crippen LogP contribution in [0.15, 0.2) is 24.7 Å². The minimum atomic E-state index is -4.38. The van der Waals surface area contributed by atoms with Crippen molar-refractivity contribution in [3.05, 3.63) is 41.5 Å². The predicted molar refractivity (Wildman–Crippen MR) is 78.0 cm³/mol. The van der Waals surface area contributed by atoms with E-state index in [0.717, 1.165) is 6.20 Å². The van der Waals surface area contributed by atoms with Gasteiger partial charge in [-0.3, -0.25) is 4.98 Å². The fourth-order valence-electron chi connectivity index (χ4n) is 2.54. The quantitative estimate of drug-likeness (QED) is 0.761. The average molecular weight is 314 g/mol. The van der Waals surface area contributed by atoms with E-state index < -0.39 is 17.3 Å². The molecule has 22 heavy (non-hydrogen) atoms. The summed E-state index contributed by atoms with van der Waals surface area (Å²) in [7, 11) is 0. The Labute approximate surface area is 128 Å². The van der Waals surface area contributed by atoms with Gasteiger partial charge in [0, 0.05) is 30.9 Å². The molecule has 0 spiro atoms. The summed E-state index contributed by atoms with van der Waals surface area (Å²) in [5, 5.41) is 0. The van der Waals surface area contributed by atoms with Gasteiger partial charge in [-0.05, 0) is 39.0 Å². The van der Waals surface area contributed by atoms with Gasteiger partial charge in [0.15, 0.2) is 5.88 Å². The van der Waals surface area contributed by atoms with Crippen molar-refractivity contribution >= 4 is 0 Å². The molecule has 0 saturated heterocycles. The van der Waals surface area contributed by atoms with Gasteiger partial charge in [-0.15, -0.1) is 0 Å². The van der Waals surface area contributed by atoms with Crippen molar-refractivity contribution in [3.8, 4) is 0 Å². The molecule has 0 amide bonds. The first-order chi connectivity index (χ1) is 9.97. The first-order valence-corrected chi connectivity index (χ1v) is 7.16. The minimum absolute atomic E-state index is 0.0198. The van der Waals surface area contributed by atoms with Crippen molar-refractivity contribution in [1.29, 1.82) is 0 Å². The monoisotopic (exact) mass is 314 g/mol. The molecule has 2 rings (SSSR count). The van der Waals surface area contributed by atoms with Crippen molar-refractivity contribution in [2.75, 3.05) is 6.54 Å². The third-order valence-corrected chi connectivity index (χ3v) is 3.43. The van der Waals surface area contributed by atoms with Crippen LogP contribution in [-0.4, -0.2) is 22.0 Å². The van der Waals surface area contributed by atoms with Crippen LogP contribution in [0.1, 0.15) is 50.4 Å². The molecule has 0 saturated carbocycles. The molecule has 1 aliphatic rings. The number of ether oxygens (including phenoxy) is 1. The maximum absolute atomic E-state index is 12.8. The molecule has 2 heterocycles. The lowest BCUT2D eigenvalue weighted by Crippen LogP contribution is -2.36. The number of halogens is 3. The van der Waals surface area contributed by atoms with Gasteiger partial charge in [-0.25, -0.2) is 0 Å². The molecule has 1 atom stereocenters. The molecular formula is C16H21F3N2O. The molecule has 1 aromatic rings. The Hall–Kier alpha value is -1.72. The van der Waals surface area contributed by atoms with Crippen LogP contribution in [0.4, 0.5) is 13.2 Å². The molecule has 3 nitrogen and oxygen atoms in total. The van der Waals surface area contributed by atoms with Crippen molar-refractivity contribution in [3.63, 3.8) is 0 Å². The summed E-state index contributed by atoms with van der Waals surface area (Å²) in [4.78, 5) is 5.88. The number of rotatable bonds is 2. The fraction of sp³-hybridized carbons (Fsp3) is 0.562. The SMILES string of the molecule is C=C(OC(C)(C)C)N1Cc2cc(C(F)(F)F)cnc2C(C)C1. The predicted octanol–water partition coefficient (Wildman–Crippen LogP) is 4.31. The third kappa shape index (κ3) is 3.72. The Morgan fingerprint density at radius 1 is 1.36 bits per heavy atom. The van der Waals surface area contributed by atoms with E-state index in [-0.39, 0.29) is 5.92 Å². The largest absolute Gasteiger partial charge is 0.474 e. The molecule has 0 bridgehead atoms. The van der Waals surface area contributed by atoms with Gasteiger partial charge in [-0.1, -0.05) is 6.92 Å². The number of pyridine rings is 1. The zero-order valence-corrected chi connectivity index (χ0v) is 13.3. The first kappa shape index (κ1) is 16.6.